The monoisotopic (exact) mass is 325 g/mol. The molecule has 1 fully saturated rings. The molecule has 1 aliphatic rings. The van der Waals surface area contributed by atoms with Crippen molar-refractivity contribution in [3.63, 3.8) is 0 Å². The lowest BCUT2D eigenvalue weighted by molar-refractivity contribution is -0.116. The van der Waals surface area contributed by atoms with Gasteiger partial charge in [0.2, 0.25) is 5.91 Å². The molecule has 1 unspecified atom stereocenters. The number of aromatic nitrogens is 3. The number of nitrogens with one attached hydrogen (secondary N) is 2. The predicted molar refractivity (Wildman–Crippen MR) is 82.8 cm³/mol. The van der Waals surface area contributed by atoms with E-state index in [2.05, 4.69) is 20.7 Å². The molecule has 3 rings (SSSR count). The van der Waals surface area contributed by atoms with Gasteiger partial charge in [-0.3, -0.25) is 4.79 Å². The molecule has 2 aromatic rings. The molecule has 1 aromatic carbocycles. The summed E-state index contributed by atoms with van der Waals surface area (Å²) < 4.78 is 15.4. The summed E-state index contributed by atoms with van der Waals surface area (Å²) in [7, 11) is 0. The SMILES string of the molecule is Cl.O=C(CC1CCNC1)Nc1ccc(-n2cncn2)c(F)c1. The second-order valence-electron chi connectivity index (χ2n) is 5.12. The third kappa shape index (κ3) is 3.80. The normalized spacial score (nSPS) is 17.0. The Morgan fingerprint density at radius 3 is 3.00 bits per heavy atom. The number of benzene rings is 1. The smallest absolute Gasteiger partial charge is 0.224 e. The fourth-order valence-electron chi connectivity index (χ4n) is 2.47. The lowest BCUT2D eigenvalue weighted by atomic mass is 10.0. The van der Waals surface area contributed by atoms with Crippen molar-refractivity contribution < 1.29 is 9.18 Å². The van der Waals surface area contributed by atoms with Gasteiger partial charge in [-0.1, -0.05) is 0 Å². The van der Waals surface area contributed by atoms with Crippen LogP contribution in [0.4, 0.5) is 10.1 Å². The summed E-state index contributed by atoms with van der Waals surface area (Å²) in [6.07, 6.45) is 4.22. The van der Waals surface area contributed by atoms with E-state index >= 15 is 0 Å². The zero-order valence-corrected chi connectivity index (χ0v) is 12.6. The van der Waals surface area contributed by atoms with E-state index in [0.29, 0.717) is 23.7 Å². The molecule has 1 aromatic heterocycles. The van der Waals surface area contributed by atoms with E-state index in [-0.39, 0.29) is 18.3 Å². The Morgan fingerprint density at radius 1 is 1.50 bits per heavy atom. The minimum absolute atomic E-state index is 0. The van der Waals surface area contributed by atoms with Crippen LogP contribution in [0.1, 0.15) is 12.8 Å². The van der Waals surface area contributed by atoms with Crippen LogP contribution < -0.4 is 10.6 Å². The Kier molecular flexibility index (Phi) is 5.46. The average molecular weight is 326 g/mol. The van der Waals surface area contributed by atoms with E-state index in [4.69, 9.17) is 0 Å². The van der Waals surface area contributed by atoms with Crippen LogP contribution in [0.2, 0.25) is 0 Å². The van der Waals surface area contributed by atoms with Gasteiger partial charge in [0.05, 0.1) is 0 Å². The summed E-state index contributed by atoms with van der Waals surface area (Å²) in [6, 6.07) is 4.52. The Labute approximate surface area is 133 Å². The number of nitrogens with zero attached hydrogens (tertiary/aromatic N) is 3. The second kappa shape index (κ2) is 7.33. The number of carbonyl (C=O) groups excluding carboxylic acids is 1. The first-order valence-electron chi connectivity index (χ1n) is 6.87. The number of hydrogen-bond acceptors (Lipinski definition) is 4. The van der Waals surface area contributed by atoms with Gasteiger partial charge in [0.15, 0.2) is 5.82 Å². The highest BCUT2D eigenvalue weighted by molar-refractivity contribution is 5.91. The van der Waals surface area contributed by atoms with Crippen molar-refractivity contribution in [3.05, 3.63) is 36.7 Å². The predicted octanol–water partition coefficient (Wildman–Crippen LogP) is 1.77. The third-order valence-electron chi connectivity index (χ3n) is 3.53. The molecule has 0 bridgehead atoms. The van der Waals surface area contributed by atoms with E-state index in [1.54, 1.807) is 12.1 Å². The van der Waals surface area contributed by atoms with E-state index in [0.717, 1.165) is 19.5 Å². The topological polar surface area (TPSA) is 71.8 Å². The maximum Gasteiger partial charge on any atom is 0.224 e. The second-order valence-corrected chi connectivity index (χ2v) is 5.12. The highest BCUT2D eigenvalue weighted by atomic mass is 35.5. The molecular formula is C14H17ClFN5O. The fourth-order valence-corrected chi connectivity index (χ4v) is 2.47. The number of anilines is 1. The van der Waals surface area contributed by atoms with Crippen LogP contribution in [0.3, 0.4) is 0 Å². The largest absolute Gasteiger partial charge is 0.326 e. The van der Waals surface area contributed by atoms with Crippen LogP contribution in [0.15, 0.2) is 30.9 Å². The lowest BCUT2D eigenvalue weighted by Crippen LogP contribution is -2.18. The molecule has 118 valence electrons. The van der Waals surface area contributed by atoms with Gasteiger partial charge in [-0.15, -0.1) is 12.4 Å². The van der Waals surface area contributed by atoms with Crippen molar-refractivity contribution in [1.82, 2.24) is 20.1 Å². The number of hydrogen-bond donors (Lipinski definition) is 2. The average Bonchev–Trinajstić information content (AvgIpc) is 3.11. The Hall–Kier alpha value is -1.99. The van der Waals surface area contributed by atoms with Crippen molar-refractivity contribution in [2.75, 3.05) is 18.4 Å². The van der Waals surface area contributed by atoms with Crippen LogP contribution in [0.5, 0.6) is 0 Å². The first kappa shape index (κ1) is 16.4. The summed E-state index contributed by atoms with van der Waals surface area (Å²) >= 11 is 0. The molecule has 0 aliphatic carbocycles. The molecule has 1 aliphatic heterocycles. The first-order chi connectivity index (χ1) is 10.2. The summed E-state index contributed by atoms with van der Waals surface area (Å²) in [5.74, 6) is -0.179. The van der Waals surface area contributed by atoms with Crippen LogP contribution in [0, 0.1) is 11.7 Å². The molecule has 0 saturated carbocycles. The van der Waals surface area contributed by atoms with Gasteiger partial charge in [-0.2, -0.15) is 5.10 Å². The molecule has 2 N–H and O–H groups in total. The minimum Gasteiger partial charge on any atom is -0.326 e. The van der Waals surface area contributed by atoms with Gasteiger partial charge in [0.25, 0.3) is 0 Å². The summed E-state index contributed by atoms with van der Waals surface area (Å²) in [5.41, 5.74) is 0.748. The zero-order chi connectivity index (χ0) is 14.7. The summed E-state index contributed by atoms with van der Waals surface area (Å²) in [5, 5.41) is 9.83. The summed E-state index contributed by atoms with van der Waals surface area (Å²) in [4.78, 5) is 15.7. The van der Waals surface area contributed by atoms with Crippen molar-refractivity contribution in [1.29, 1.82) is 0 Å². The van der Waals surface area contributed by atoms with Crippen molar-refractivity contribution >= 4 is 24.0 Å². The van der Waals surface area contributed by atoms with Gasteiger partial charge in [0.1, 0.15) is 18.3 Å². The lowest BCUT2D eigenvalue weighted by Gasteiger charge is -2.10. The van der Waals surface area contributed by atoms with Crippen LogP contribution in [-0.2, 0) is 4.79 Å². The highest BCUT2D eigenvalue weighted by Gasteiger charge is 2.18. The molecule has 0 radical (unpaired) electrons. The minimum atomic E-state index is -0.458. The van der Waals surface area contributed by atoms with E-state index in [1.807, 2.05) is 0 Å². The number of carbonyl (C=O) groups is 1. The molecule has 0 spiro atoms. The van der Waals surface area contributed by atoms with Gasteiger partial charge < -0.3 is 10.6 Å². The van der Waals surface area contributed by atoms with Crippen molar-refractivity contribution in [3.8, 4) is 5.69 Å². The van der Waals surface area contributed by atoms with E-state index in [1.165, 1.54) is 23.4 Å². The van der Waals surface area contributed by atoms with Gasteiger partial charge in [0, 0.05) is 12.1 Å². The standard InChI is InChI=1S/C14H16FN5O.ClH/c15-12-6-11(1-2-13(12)20-9-17-8-18-20)19-14(21)5-10-3-4-16-7-10;/h1-2,6,8-10,16H,3-5,7H2,(H,19,21);1H. The molecule has 8 heteroatoms. The molecule has 1 saturated heterocycles. The Bertz CT molecular complexity index is 628. The van der Waals surface area contributed by atoms with Crippen LogP contribution in [-0.4, -0.2) is 33.8 Å². The summed E-state index contributed by atoms with van der Waals surface area (Å²) in [6.45, 7) is 1.83. The first-order valence-corrected chi connectivity index (χ1v) is 6.87. The quantitative estimate of drug-likeness (QED) is 0.898. The molecule has 6 nitrogen and oxygen atoms in total. The third-order valence-corrected chi connectivity index (χ3v) is 3.53. The number of amides is 1. The van der Waals surface area contributed by atoms with E-state index in [9.17, 15) is 9.18 Å². The van der Waals surface area contributed by atoms with Gasteiger partial charge in [-0.05, 0) is 43.6 Å². The number of rotatable bonds is 4. The zero-order valence-electron chi connectivity index (χ0n) is 11.8. The molecule has 2 heterocycles. The van der Waals surface area contributed by atoms with Crippen LogP contribution >= 0.6 is 12.4 Å². The molecule has 1 atom stereocenters. The molecule has 22 heavy (non-hydrogen) atoms. The number of halogens is 2. The van der Waals surface area contributed by atoms with Gasteiger partial charge >= 0.3 is 0 Å². The Morgan fingerprint density at radius 2 is 2.36 bits per heavy atom. The Balaban J connectivity index is 0.00000176. The maximum absolute atomic E-state index is 14.0. The highest BCUT2D eigenvalue weighted by Crippen LogP contribution is 2.19. The van der Waals surface area contributed by atoms with Crippen molar-refractivity contribution in [2.45, 2.75) is 12.8 Å². The van der Waals surface area contributed by atoms with Gasteiger partial charge in [-0.25, -0.2) is 14.1 Å². The van der Waals surface area contributed by atoms with Crippen LogP contribution in [0.25, 0.3) is 5.69 Å². The fraction of sp³-hybridized carbons (Fsp3) is 0.357. The van der Waals surface area contributed by atoms with E-state index < -0.39 is 5.82 Å². The molecule has 1 amide bonds. The van der Waals surface area contributed by atoms with Crippen molar-refractivity contribution in [2.24, 2.45) is 5.92 Å². The molecular weight excluding hydrogens is 309 g/mol. The maximum atomic E-state index is 14.0.